The Balaban J connectivity index is 3.14. The van der Waals surface area contributed by atoms with E-state index in [4.69, 9.17) is 5.73 Å². The zero-order chi connectivity index (χ0) is 4.99. The SMILES string of the molecule is C/C(F)=C\CN. The molecule has 0 bridgehead atoms. The van der Waals surface area contributed by atoms with Crippen molar-refractivity contribution in [2.75, 3.05) is 6.54 Å². The van der Waals surface area contributed by atoms with E-state index in [0.29, 0.717) is 6.54 Å². The molecule has 2 N–H and O–H groups in total. The van der Waals surface area contributed by atoms with Gasteiger partial charge < -0.3 is 5.73 Å². The second kappa shape index (κ2) is 2.85. The molecule has 0 spiro atoms. The number of rotatable bonds is 1. The number of hydrogen-bond acceptors (Lipinski definition) is 1. The van der Waals surface area contributed by atoms with E-state index in [1.165, 1.54) is 13.0 Å². The van der Waals surface area contributed by atoms with Crippen molar-refractivity contribution in [3.05, 3.63) is 11.9 Å². The lowest BCUT2D eigenvalue weighted by Gasteiger charge is -1.76. The molecule has 0 radical (unpaired) electrons. The topological polar surface area (TPSA) is 26.0 Å². The first-order valence-corrected chi connectivity index (χ1v) is 1.79. The average molecular weight is 89.1 g/mol. The van der Waals surface area contributed by atoms with Gasteiger partial charge in [0, 0.05) is 6.54 Å². The largest absolute Gasteiger partial charge is 0.327 e. The molecule has 0 amide bonds. The molecule has 0 aliphatic carbocycles. The summed E-state index contributed by atoms with van der Waals surface area (Å²) in [4.78, 5) is 0. The molecule has 0 atom stereocenters. The van der Waals surface area contributed by atoms with E-state index in [0.717, 1.165) is 0 Å². The van der Waals surface area contributed by atoms with E-state index in [1.54, 1.807) is 0 Å². The Morgan fingerprint density at radius 2 is 2.50 bits per heavy atom. The number of nitrogens with two attached hydrogens (primary N) is 1. The molecule has 0 saturated heterocycles. The van der Waals surface area contributed by atoms with Crippen LogP contribution in [0.2, 0.25) is 0 Å². The Morgan fingerprint density at radius 3 is 2.50 bits per heavy atom. The summed E-state index contributed by atoms with van der Waals surface area (Å²) in [6.07, 6.45) is 1.32. The van der Waals surface area contributed by atoms with Crippen LogP contribution in [-0.4, -0.2) is 6.54 Å². The van der Waals surface area contributed by atoms with Gasteiger partial charge in [-0.25, -0.2) is 4.39 Å². The van der Waals surface area contributed by atoms with Crippen molar-refractivity contribution in [1.82, 2.24) is 0 Å². The summed E-state index contributed by atoms with van der Waals surface area (Å²) in [6.45, 7) is 1.66. The fourth-order valence-corrected chi connectivity index (χ4v) is 0.162. The monoisotopic (exact) mass is 89.1 g/mol. The van der Waals surface area contributed by atoms with Crippen molar-refractivity contribution >= 4 is 0 Å². The standard InChI is InChI=1S/C4H8FN/c1-4(5)2-3-6/h2H,3,6H2,1H3/b4-2+. The van der Waals surface area contributed by atoms with Crippen LogP contribution >= 0.6 is 0 Å². The van der Waals surface area contributed by atoms with Crippen molar-refractivity contribution < 1.29 is 4.39 Å². The first-order chi connectivity index (χ1) is 2.77. The molecule has 0 heterocycles. The van der Waals surface area contributed by atoms with Crippen LogP contribution in [0.15, 0.2) is 11.9 Å². The van der Waals surface area contributed by atoms with E-state index < -0.39 is 0 Å². The van der Waals surface area contributed by atoms with E-state index >= 15 is 0 Å². The summed E-state index contributed by atoms with van der Waals surface area (Å²) in [5.41, 5.74) is 4.91. The first-order valence-electron chi connectivity index (χ1n) is 1.79. The van der Waals surface area contributed by atoms with E-state index in [1.807, 2.05) is 0 Å². The third-order valence-electron chi connectivity index (χ3n) is 0.399. The molecule has 6 heavy (non-hydrogen) atoms. The summed E-state index contributed by atoms with van der Waals surface area (Å²) in [5.74, 6) is -0.211. The highest BCUT2D eigenvalue weighted by Crippen LogP contribution is 1.87. The van der Waals surface area contributed by atoms with Gasteiger partial charge in [-0.3, -0.25) is 0 Å². The van der Waals surface area contributed by atoms with Crippen LogP contribution in [0, 0.1) is 0 Å². The van der Waals surface area contributed by atoms with Gasteiger partial charge in [0.2, 0.25) is 0 Å². The highest BCUT2D eigenvalue weighted by atomic mass is 19.1. The number of allylic oxidation sites excluding steroid dienone is 1. The van der Waals surface area contributed by atoms with Crippen LogP contribution < -0.4 is 5.73 Å². The Labute approximate surface area is 36.6 Å². The Kier molecular flexibility index (Phi) is 2.67. The smallest absolute Gasteiger partial charge is 0.0941 e. The fraction of sp³-hybridized carbons (Fsp3) is 0.500. The molecule has 0 fully saturated rings. The summed E-state index contributed by atoms with van der Waals surface area (Å²) in [6, 6.07) is 0. The van der Waals surface area contributed by atoms with E-state index in [-0.39, 0.29) is 5.83 Å². The molecular formula is C4H8FN. The van der Waals surface area contributed by atoms with Gasteiger partial charge in [-0.15, -0.1) is 0 Å². The minimum absolute atomic E-state index is 0.211. The third kappa shape index (κ3) is 3.63. The molecule has 0 saturated carbocycles. The molecular weight excluding hydrogens is 81.0 g/mol. The zero-order valence-electron chi connectivity index (χ0n) is 3.74. The van der Waals surface area contributed by atoms with Crippen LogP contribution in [0.4, 0.5) is 4.39 Å². The molecule has 0 rings (SSSR count). The molecule has 36 valence electrons. The van der Waals surface area contributed by atoms with Crippen LogP contribution in [0.1, 0.15) is 6.92 Å². The van der Waals surface area contributed by atoms with E-state index in [9.17, 15) is 4.39 Å². The lowest BCUT2D eigenvalue weighted by atomic mass is 10.5. The van der Waals surface area contributed by atoms with Gasteiger partial charge in [0.15, 0.2) is 0 Å². The first kappa shape index (κ1) is 5.63. The number of halogens is 1. The summed E-state index contributed by atoms with van der Waals surface area (Å²) in [5, 5.41) is 0. The van der Waals surface area contributed by atoms with Crippen LogP contribution in [-0.2, 0) is 0 Å². The predicted octanol–water partition coefficient (Wildman–Crippen LogP) is 0.818. The van der Waals surface area contributed by atoms with Gasteiger partial charge in [-0.05, 0) is 13.0 Å². The van der Waals surface area contributed by atoms with Gasteiger partial charge in [0.25, 0.3) is 0 Å². The van der Waals surface area contributed by atoms with Crippen molar-refractivity contribution in [3.8, 4) is 0 Å². The predicted molar refractivity (Wildman–Crippen MR) is 23.9 cm³/mol. The number of hydrogen-bond donors (Lipinski definition) is 1. The summed E-state index contributed by atoms with van der Waals surface area (Å²) >= 11 is 0. The molecule has 0 aromatic rings. The van der Waals surface area contributed by atoms with Crippen molar-refractivity contribution in [2.24, 2.45) is 5.73 Å². The highest BCUT2D eigenvalue weighted by Gasteiger charge is 1.72. The van der Waals surface area contributed by atoms with E-state index in [2.05, 4.69) is 0 Å². The van der Waals surface area contributed by atoms with Crippen LogP contribution in [0.5, 0.6) is 0 Å². The van der Waals surface area contributed by atoms with Crippen LogP contribution in [0.25, 0.3) is 0 Å². The van der Waals surface area contributed by atoms with Crippen molar-refractivity contribution in [2.45, 2.75) is 6.92 Å². The van der Waals surface area contributed by atoms with Gasteiger partial charge >= 0.3 is 0 Å². The zero-order valence-corrected chi connectivity index (χ0v) is 3.74. The molecule has 0 unspecified atom stereocenters. The minimum Gasteiger partial charge on any atom is -0.327 e. The third-order valence-corrected chi connectivity index (χ3v) is 0.399. The second-order valence-corrected chi connectivity index (χ2v) is 1.03. The summed E-state index contributed by atoms with van der Waals surface area (Å²) < 4.78 is 11.5. The molecule has 0 aromatic carbocycles. The van der Waals surface area contributed by atoms with Gasteiger partial charge in [0.1, 0.15) is 0 Å². The Morgan fingerprint density at radius 1 is 2.00 bits per heavy atom. The maximum atomic E-state index is 11.5. The lowest BCUT2D eigenvalue weighted by Crippen LogP contribution is -1.92. The molecule has 1 nitrogen and oxygen atoms in total. The van der Waals surface area contributed by atoms with Crippen LogP contribution in [0.3, 0.4) is 0 Å². The maximum absolute atomic E-state index is 11.5. The highest BCUT2D eigenvalue weighted by molar-refractivity contribution is 4.86. The normalized spacial score (nSPS) is 12.2. The quantitative estimate of drug-likeness (QED) is 0.505. The molecule has 0 aliphatic rings. The molecule has 2 heteroatoms. The molecule has 0 aromatic heterocycles. The van der Waals surface area contributed by atoms with Crippen molar-refractivity contribution in [3.63, 3.8) is 0 Å². The lowest BCUT2D eigenvalue weighted by molar-refractivity contribution is 0.636. The van der Waals surface area contributed by atoms with Crippen molar-refractivity contribution in [1.29, 1.82) is 0 Å². The Bertz CT molecular complexity index is 54.6. The maximum Gasteiger partial charge on any atom is 0.0941 e. The summed E-state index contributed by atoms with van der Waals surface area (Å²) in [7, 11) is 0. The van der Waals surface area contributed by atoms with Gasteiger partial charge in [-0.2, -0.15) is 0 Å². The molecule has 0 aliphatic heterocycles. The van der Waals surface area contributed by atoms with Gasteiger partial charge in [0.05, 0.1) is 5.83 Å². The Hall–Kier alpha value is -0.370. The van der Waals surface area contributed by atoms with Gasteiger partial charge in [-0.1, -0.05) is 0 Å². The average Bonchev–Trinajstić information content (AvgIpc) is 1.35. The fourth-order valence-electron chi connectivity index (χ4n) is 0.162. The minimum atomic E-state index is -0.211. The second-order valence-electron chi connectivity index (χ2n) is 1.03.